The summed E-state index contributed by atoms with van der Waals surface area (Å²) < 4.78 is 26.4. The van der Waals surface area contributed by atoms with Crippen LogP contribution in [0.5, 0.6) is 0 Å². The Balaban J connectivity index is 1.44. The second-order valence-corrected chi connectivity index (χ2v) is 13.0. The van der Waals surface area contributed by atoms with E-state index in [1.54, 1.807) is 23.5 Å². The summed E-state index contributed by atoms with van der Waals surface area (Å²) in [7, 11) is -3.32. The van der Waals surface area contributed by atoms with Gasteiger partial charge in [0.15, 0.2) is 15.0 Å². The van der Waals surface area contributed by atoms with Crippen LogP contribution in [-0.4, -0.2) is 31.7 Å². The first-order chi connectivity index (χ1) is 15.0. The summed E-state index contributed by atoms with van der Waals surface area (Å²) in [6, 6.07) is 13.9. The molecule has 0 saturated carbocycles. The summed E-state index contributed by atoms with van der Waals surface area (Å²) in [5.74, 6) is 0. The van der Waals surface area contributed by atoms with E-state index in [1.807, 2.05) is 12.1 Å². The Morgan fingerprint density at radius 3 is 2.12 bits per heavy atom. The Hall–Kier alpha value is -2.18. The van der Waals surface area contributed by atoms with Gasteiger partial charge < -0.3 is 4.90 Å². The highest BCUT2D eigenvalue weighted by Gasteiger charge is 2.32. The van der Waals surface area contributed by atoms with E-state index < -0.39 is 9.84 Å². The van der Waals surface area contributed by atoms with Gasteiger partial charge in [-0.3, -0.25) is 0 Å². The molecule has 4 rings (SSSR count). The van der Waals surface area contributed by atoms with Gasteiger partial charge in [-0.25, -0.2) is 13.4 Å². The molecule has 1 saturated heterocycles. The van der Waals surface area contributed by atoms with Gasteiger partial charge in [-0.2, -0.15) is 0 Å². The van der Waals surface area contributed by atoms with Gasteiger partial charge in [-0.05, 0) is 61.9 Å². The number of anilines is 1. The third-order valence-electron chi connectivity index (χ3n) is 6.21. The second-order valence-electron chi connectivity index (χ2n) is 9.90. The molecule has 0 amide bonds. The molecule has 0 radical (unpaired) electrons. The highest BCUT2D eigenvalue weighted by atomic mass is 32.2. The Morgan fingerprint density at radius 1 is 0.969 bits per heavy atom. The quantitative estimate of drug-likeness (QED) is 0.460. The van der Waals surface area contributed by atoms with Crippen LogP contribution in [0.1, 0.15) is 50.3 Å². The Bertz CT molecular complexity index is 1180. The Kier molecular flexibility index (Phi) is 6.21. The van der Waals surface area contributed by atoms with Crippen molar-refractivity contribution in [3.05, 3.63) is 64.5 Å². The van der Waals surface area contributed by atoms with Crippen LogP contribution < -0.4 is 4.90 Å². The van der Waals surface area contributed by atoms with Crippen molar-refractivity contribution >= 4 is 26.3 Å². The molecule has 6 heteroatoms. The number of piperidine rings is 1. The van der Waals surface area contributed by atoms with Crippen molar-refractivity contribution in [1.82, 2.24) is 4.98 Å². The molecule has 1 fully saturated rings. The lowest BCUT2D eigenvalue weighted by atomic mass is 9.87. The van der Waals surface area contributed by atoms with E-state index in [1.165, 1.54) is 11.1 Å². The molecule has 1 aliphatic rings. The van der Waals surface area contributed by atoms with Gasteiger partial charge in [0.1, 0.15) is 0 Å². The van der Waals surface area contributed by atoms with Crippen molar-refractivity contribution in [2.45, 2.75) is 63.0 Å². The maximum atomic E-state index is 13.2. The number of aryl methyl sites for hydroxylation is 2. The minimum Gasteiger partial charge on any atom is -0.348 e. The molecule has 0 bridgehead atoms. The standard InChI is InChI=1S/C26H32N2O2S2/c1-18-14-19(2)16-20(15-18)24-17-31-25(27-24)28-12-10-23(11-13-28)32(29,30)22-8-6-21(7-9-22)26(3,4)5/h6-9,14-17,23H,10-13H2,1-5H3. The molecule has 3 aromatic rings. The van der Waals surface area contributed by atoms with Crippen molar-refractivity contribution in [2.75, 3.05) is 18.0 Å². The average molecular weight is 469 g/mol. The summed E-state index contributed by atoms with van der Waals surface area (Å²) in [6.07, 6.45) is 1.25. The first-order valence-electron chi connectivity index (χ1n) is 11.2. The topological polar surface area (TPSA) is 50.3 Å². The SMILES string of the molecule is Cc1cc(C)cc(-c2csc(N3CCC(S(=O)(=O)c4ccc(C(C)(C)C)cc4)CC3)n2)c1. The molecule has 0 aliphatic carbocycles. The van der Waals surface area contributed by atoms with Crippen LogP contribution in [0.4, 0.5) is 5.13 Å². The molecule has 0 atom stereocenters. The first kappa shape index (κ1) is 23.0. The van der Waals surface area contributed by atoms with Crippen LogP contribution in [0.25, 0.3) is 11.3 Å². The molecule has 1 aliphatic heterocycles. The predicted molar refractivity (Wildman–Crippen MR) is 135 cm³/mol. The third kappa shape index (κ3) is 4.76. The van der Waals surface area contributed by atoms with Crippen molar-refractivity contribution in [3.8, 4) is 11.3 Å². The van der Waals surface area contributed by atoms with Gasteiger partial charge in [-0.15, -0.1) is 11.3 Å². The highest BCUT2D eigenvalue weighted by molar-refractivity contribution is 7.92. The van der Waals surface area contributed by atoms with E-state index in [9.17, 15) is 8.42 Å². The lowest BCUT2D eigenvalue weighted by Crippen LogP contribution is -2.39. The summed E-state index contributed by atoms with van der Waals surface area (Å²) in [4.78, 5) is 7.53. The molecule has 32 heavy (non-hydrogen) atoms. The van der Waals surface area contributed by atoms with E-state index in [2.05, 4.69) is 63.1 Å². The van der Waals surface area contributed by atoms with E-state index in [0.29, 0.717) is 30.8 Å². The first-order valence-corrected chi connectivity index (χ1v) is 13.6. The largest absolute Gasteiger partial charge is 0.348 e. The molecular weight excluding hydrogens is 436 g/mol. The van der Waals surface area contributed by atoms with Crippen molar-refractivity contribution in [1.29, 1.82) is 0 Å². The Morgan fingerprint density at radius 2 is 1.56 bits per heavy atom. The highest BCUT2D eigenvalue weighted by Crippen LogP contribution is 2.33. The number of hydrogen-bond acceptors (Lipinski definition) is 5. The number of thiazole rings is 1. The summed E-state index contributed by atoms with van der Waals surface area (Å²) >= 11 is 1.64. The zero-order chi connectivity index (χ0) is 23.1. The molecule has 2 aromatic carbocycles. The summed E-state index contributed by atoms with van der Waals surface area (Å²) in [5.41, 5.74) is 5.76. The van der Waals surface area contributed by atoms with Crippen LogP contribution in [-0.2, 0) is 15.3 Å². The number of rotatable bonds is 4. The van der Waals surface area contributed by atoms with E-state index in [4.69, 9.17) is 4.98 Å². The van der Waals surface area contributed by atoms with E-state index >= 15 is 0 Å². The lowest BCUT2D eigenvalue weighted by molar-refractivity contribution is 0.529. The molecule has 0 unspecified atom stereocenters. The van der Waals surface area contributed by atoms with Crippen molar-refractivity contribution in [2.24, 2.45) is 0 Å². The molecular formula is C26H32N2O2S2. The number of benzene rings is 2. The third-order valence-corrected chi connectivity index (χ3v) is 9.39. The van der Waals surface area contributed by atoms with Crippen LogP contribution in [0.15, 0.2) is 52.7 Å². The average Bonchev–Trinajstić information content (AvgIpc) is 3.23. The fraction of sp³-hybridized carbons (Fsp3) is 0.423. The molecule has 0 spiro atoms. The fourth-order valence-corrected chi connectivity index (χ4v) is 6.98. The normalized spacial score (nSPS) is 15.8. The van der Waals surface area contributed by atoms with E-state index in [0.717, 1.165) is 22.0 Å². The van der Waals surface area contributed by atoms with Gasteiger partial charge in [0.25, 0.3) is 0 Å². The fourth-order valence-electron chi connectivity index (χ4n) is 4.36. The smallest absolute Gasteiger partial charge is 0.185 e. The monoisotopic (exact) mass is 468 g/mol. The van der Waals surface area contributed by atoms with Crippen molar-refractivity contribution < 1.29 is 8.42 Å². The minimum absolute atomic E-state index is 0.0112. The molecule has 1 aromatic heterocycles. The van der Waals surface area contributed by atoms with Gasteiger partial charge in [0, 0.05) is 24.0 Å². The van der Waals surface area contributed by atoms with Crippen LogP contribution in [0, 0.1) is 13.8 Å². The number of sulfone groups is 1. The van der Waals surface area contributed by atoms with E-state index in [-0.39, 0.29) is 10.7 Å². The number of hydrogen-bond donors (Lipinski definition) is 0. The zero-order valence-electron chi connectivity index (χ0n) is 19.6. The lowest BCUT2D eigenvalue weighted by Gasteiger charge is -2.31. The summed E-state index contributed by atoms with van der Waals surface area (Å²) in [5, 5.41) is 2.74. The zero-order valence-corrected chi connectivity index (χ0v) is 21.2. The predicted octanol–water partition coefficient (Wildman–Crippen LogP) is 6.17. The number of nitrogens with zero attached hydrogens (tertiary/aromatic N) is 2. The number of aromatic nitrogens is 1. The summed E-state index contributed by atoms with van der Waals surface area (Å²) in [6.45, 7) is 12.0. The molecule has 4 nitrogen and oxygen atoms in total. The van der Waals surface area contributed by atoms with Gasteiger partial charge in [-0.1, -0.05) is 50.1 Å². The van der Waals surface area contributed by atoms with Crippen molar-refractivity contribution in [3.63, 3.8) is 0 Å². The molecule has 0 N–H and O–H groups in total. The van der Waals surface area contributed by atoms with Gasteiger partial charge in [0.2, 0.25) is 0 Å². The molecule has 170 valence electrons. The van der Waals surface area contributed by atoms with Crippen LogP contribution in [0.2, 0.25) is 0 Å². The van der Waals surface area contributed by atoms with Crippen LogP contribution >= 0.6 is 11.3 Å². The molecule has 2 heterocycles. The second kappa shape index (κ2) is 8.64. The Labute approximate surface area is 196 Å². The van der Waals surface area contributed by atoms with Crippen LogP contribution in [0.3, 0.4) is 0 Å². The maximum Gasteiger partial charge on any atom is 0.185 e. The minimum atomic E-state index is -3.32. The maximum absolute atomic E-state index is 13.2. The van der Waals surface area contributed by atoms with Gasteiger partial charge in [0.05, 0.1) is 15.8 Å². The van der Waals surface area contributed by atoms with Gasteiger partial charge >= 0.3 is 0 Å².